The highest BCUT2D eigenvalue weighted by atomic mass is 16.6. The van der Waals surface area contributed by atoms with Crippen molar-refractivity contribution in [3.8, 4) is 0 Å². The molecule has 0 fully saturated rings. The van der Waals surface area contributed by atoms with E-state index in [1.807, 2.05) is 6.92 Å². The number of aromatic nitrogens is 1. The molecule has 0 aliphatic carbocycles. The summed E-state index contributed by atoms with van der Waals surface area (Å²) in [6, 6.07) is 6.09. The van der Waals surface area contributed by atoms with Gasteiger partial charge in [0.2, 0.25) is 5.91 Å². The summed E-state index contributed by atoms with van der Waals surface area (Å²) in [5.41, 5.74) is 1.81. The number of aryl methyl sites for hydroxylation is 1. The Morgan fingerprint density at radius 1 is 1.41 bits per heavy atom. The van der Waals surface area contributed by atoms with Gasteiger partial charge >= 0.3 is 0 Å². The number of benzene rings is 1. The van der Waals surface area contributed by atoms with E-state index in [-0.39, 0.29) is 18.0 Å². The van der Waals surface area contributed by atoms with E-state index in [2.05, 4.69) is 10.3 Å². The van der Waals surface area contributed by atoms with E-state index >= 15 is 0 Å². The average Bonchev–Trinajstić information content (AvgIpc) is 2.46. The molecule has 116 valence electrons. The van der Waals surface area contributed by atoms with Gasteiger partial charge in [-0.2, -0.15) is 0 Å². The predicted molar refractivity (Wildman–Crippen MR) is 82.9 cm³/mol. The molecule has 0 saturated carbocycles. The number of anilines is 1. The van der Waals surface area contributed by atoms with Gasteiger partial charge in [-0.05, 0) is 26.0 Å². The maximum Gasteiger partial charge on any atom is 0.270 e. The molecule has 1 amide bonds. The van der Waals surface area contributed by atoms with Gasteiger partial charge in [0.15, 0.2) is 0 Å². The van der Waals surface area contributed by atoms with Crippen molar-refractivity contribution in [2.24, 2.45) is 0 Å². The molecule has 1 N–H and O–H groups in total. The number of non-ortho nitro benzene ring substituents is 1. The molecule has 0 radical (unpaired) electrons. The summed E-state index contributed by atoms with van der Waals surface area (Å²) in [6.45, 7) is 4.55. The van der Waals surface area contributed by atoms with Crippen molar-refractivity contribution in [1.29, 1.82) is 0 Å². The molecule has 0 spiro atoms. The van der Waals surface area contributed by atoms with Crippen molar-refractivity contribution in [3.63, 3.8) is 0 Å². The van der Waals surface area contributed by atoms with E-state index in [1.54, 1.807) is 19.1 Å². The fourth-order valence-electron chi connectivity index (χ4n) is 2.09. The lowest BCUT2D eigenvalue weighted by molar-refractivity contribution is -0.384. The number of amides is 1. The molecule has 1 aromatic heterocycles. The Morgan fingerprint density at radius 2 is 2.18 bits per heavy atom. The minimum atomic E-state index is -0.472. The van der Waals surface area contributed by atoms with Crippen LogP contribution in [0.15, 0.2) is 24.3 Å². The zero-order valence-electron chi connectivity index (χ0n) is 12.5. The second-order valence-corrected chi connectivity index (χ2v) is 4.76. The van der Waals surface area contributed by atoms with Gasteiger partial charge in [-0.25, -0.2) is 0 Å². The molecule has 0 bridgehead atoms. The van der Waals surface area contributed by atoms with Crippen LogP contribution in [0.25, 0.3) is 10.9 Å². The summed E-state index contributed by atoms with van der Waals surface area (Å²) in [7, 11) is 0. The van der Waals surface area contributed by atoms with Gasteiger partial charge in [-0.15, -0.1) is 0 Å². The zero-order valence-corrected chi connectivity index (χ0v) is 12.5. The highest BCUT2D eigenvalue weighted by molar-refractivity contribution is 6.01. The Morgan fingerprint density at radius 3 is 2.86 bits per heavy atom. The lowest BCUT2D eigenvalue weighted by Gasteiger charge is -2.10. The number of fused-ring (bicyclic) bond motifs is 1. The van der Waals surface area contributed by atoms with Gasteiger partial charge in [0.1, 0.15) is 0 Å². The number of rotatable bonds is 6. The molecule has 7 nitrogen and oxygen atoms in total. The summed E-state index contributed by atoms with van der Waals surface area (Å²) in [5.74, 6) is -0.202. The van der Waals surface area contributed by atoms with Crippen LogP contribution < -0.4 is 5.32 Å². The van der Waals surface area contributed by atoms with Crippen molar-refractivity contribution in [2.45, 2.75) is 20.3 Å². The van der Waals surface area contributed by atoms with Crippen LogP contribution in [0, 0.1) is 17.0 Å². The topological polar surface area (TPSA) is 94.4 Å². The average molecular weight is 303 g/mol. The fourth-order valence-corrected chi connectivity index (χ4v) is 2.09. The molecule has 0 saturated heterocycles. The molecule has 0 aliphatic heterocycles. The summed E-state index contributed by atoms with van der Waals surface area (Å²) in [4.78, 5) is 26.7. The van der Waals surface area contributed by atoms with E-state index in [1.165, 1.54) is 12.1 Å². The zero-order chi connectivity index (χ0) is 16.1. The molecule has 0 atom stereocenters. The smallest absolute Gasteiger partial charge is 0.270 e. The van der Waals surface area contributed by atoms with Gasteiger partial charge in [0.05, 0.1) is 29.2 Å². The number of ether oxygens (including phenoxy) is 1. The Labute approximate surface area is 127 Å². The number of nitrogens with zero attached hydrogens (tertiary/aromatic N) is 2. The Hall–Kier alpha value is -2.54. The third-order valence-electron chi connectivity index (χ3n) is 3.08. The van der Waals surface area contributed by atoms with Crippen LogP contribution in [0.1, 0.15) is 19.0 Å². The number of carbonyl (C=O) groups excluding carboxylic acids is 1. The Bertz CT molecular complexity index is 715. The van der Waals surface area contributed by atoms with Crippen LogP contribution in [0.3, 0.4) is 0 Å². The van der Waals surface area contributed by atoms with Crippen molar-refractivity contribution < 1.29 is 14.5 Å². The Kier molecular flexibility index (Phi) is 5.00. The highest BCUT2D eigenvalue weighted by Crippen LogP contribution is 2.27. The third kappa shape index (κ3) is 3.76. The number of nitro benzene ring substituents is 1. The summed E-state index contributed by atoms with van der Waals surface area (Å²) in [6.07, 6.45) is 0.228. The standard InChI is InChI=1S/C15H17N3O4/c1-3-22-7-6-15(19)17-14-8-10(2)16-13-5-4-11(18(20)21)9-12(13)14/h4-5,8-9H,3,6-7H2,1-2H3,(H,16,17,19). The second kappa shape index (κ2) is 6.95. The molecular weight excluding hydrogens is 286 g/mol. The first-order valence-corrected chi connectivity index (χ1v) is 6.94. The second-order valence-electron chi connectivity index (χ2n) is 4.76. The number of hydrogen-bond acceptors (Lipinski definition) is 5. The monoisotopic (exact) mass is 303 g/mol. The van der Waals surface area contributed by atoms with E-state index in [9.17, 15) is 14.9 Å². The molecule has 0 aliphatic rings. The van der Waals surface area contributed by atoms with Gasteiger partial charge in [-0.1, -0.05) is 0 Å². The van der Waals surface area contributed by atoms with Crippen molar-refractivity contribution >= 4 is 28.2 Å². The Balaban J connectivity index is 2.32. The van der Waals surface area contributed by atoms with Gasteiger partial charge in [0, 0.05) is 29.8 Å². The van der Waals surface area contributed by atoms with Crippen molar-refractivity contribution in [1.82, 2.24) is 4.98 Å². The maximum absolute atomic E-state index is 11.9. The summed E-state index contributed by atoms with van der Waals surface area (Å²) >= 11 is 0. The lowest BCUT2D eigenvalue weighted by Crippen LogP contribution is -2.14. The predicted octanol–water partition coefficient (Wildman–Crippen LogP) is 2.82. The minimum Gasteiger partial charge on any atom is -0.381 e. The van der Waals surface area contributed by atoms with Crippen LogP contribution in [-0.4, -0.2) is 29.0 Å². The molecule has 2 aromatic rings. The number of carbonyl (C=O) groups is 1. The largest absolute Gasteiger partial charge is 0.381 e. The summed E-state index contributed by atoms with van der Waals surface area (Å²) < 4.78 is 5.14. The molecule has 22 heavy (non-hydrogen) atoms. The SMILES string of the molecule is CCOCCC(=O)Nc1cc(C)nc2ccc([N+](=O)[O-])cc12. The first-order valence-electron chi connectivity index (χ1n) is 6.94. The van der Waals surface area contributed by atoms with Crippen LogP contribution in [0.5, 0.6) is 0 Å². The van der Waals surface area contributed by atoms with Crippen LogP contribution >= 0.6 is 0 Å². The number of hydrogen-bond donors (Lipinski definition) is 1. The molecule has 1 heterocycles. The molecular formula is C15H17N3O4. The van der Waals surface area contributed by atoms with E-state index < -0.39 is 4.92 Å². The normalized spacial score (nSPS) is 10.6. The quantitative estimate of drug-likeness (QED) is 0.503. The van der Waals surface area contributed by atoms with E-state index in [0.717, 1.165) is 5.69 Å². The first-order chi connectivity index (χ1) is 10.5. The minimum absolute atomic E-state index is 0.0389. The molecule has 7 heteroatoms. The fraction of sp³-hybridized carbons (Fsp3) is 0.333. The number of nitro groups is 1. The van der Waals surface area contributed by atoms with Crippen LogP contribution in [-0.2, 0) is 9.53 Å². The van der Waals surface area contributed by atoms with Crippen molar-refractivity contribution in [3.05, 3.63) is 40.1 Å². The molecule has 1 aromatic carbocycles. The number of nitrogens with one attached hydrogen (secondary N) is 1. The maximum atomic E-state index is 11.9. The van der Waals surface area contributed by atoms with Crippen LogP contribution in [0.2, 0.25) is 0 Å². The van der Waals surface area contributed by atoms with Gasteiger partial charge < -0.3 is 10.1 Å². The van der Waals surface area contributed by atoms with E-state index in [0.29, 0.717) is 29.8 Å². The summed E-state index contributed by atoms with van der Waals surface area (Å²) in [5, 5.41) is 14.2. The molecule has 2 rings (SSSR count). The molecule has 0 unspecified atom stereocenters. The van der Waals surface area contributed by atoms with Crippen molar-refractivity contribution in [2.75, 3.05) is 18.5 Å². The third-order valence-corrected chi connectivity index (χ3v) is 3.08. The lowest BCUT2D eigenvalue weighted by atomic mass is 10.1. The van der Waals surface area contributed by atoms with E-state index in [4.69, 9.17) is 4.74 Å². The van der Waals surface area contributed by atoms with Crippen LogP contribution in [0.4, 0.5) is 11.4 Å². The number of pyridine rings is 1. The highest BCUT2D eigenvalue weighted by Gasteiger charge is 2.12. The van der Waals surface area contributed by atoms with Gasteiger partial charge in [-0.3, -0.25) is 19.9 Å². The van der Waals surface area contributed by atoms with Gasteiger partial charge in [0.25, 0.3) is 5.69 Å². The first kappa shape index (κ1) is 15.8.